The molecule has 168 valence electrons. The van der Waals surface area contributed by atoms with Gasteiger partial charge in [0, 0.05) is 5.02 Å². The van der Waals surface area contributed by atoms with E-state index in [1.54, 1.807) is 63.2 Å². The minimum Gasteiger partial charge on any atom is -0.479 e. The van der Waals surface area contributed by atoms with Crippen LogP contribution in [0.1, 0.15) is 27.2 Å². The monoisotopic (exact) mass is 458 g/mol. The average molecular weight is 459 g/mol. The van der Waals surface area contributed by atoms with Gasteiger partial charge in [0.25, 0.3) is 0 Å². The summed E-state index contributed by atoms with van der Waals surface area (Å²) >= 11 is 5.96. The van der Waals surface area contributed by atoms with Crippen molar-refractivity contribution in [2.24, 2.45) is 0 Å². The predicted octanol–water partition coefficient (Wildman–Crippen LogP) is 4.73. The van der Waals surface area contributed by atoms with Crippen molar-refractivity contribution in [1.82, 2.24) is 9.97 Å². The first kappa shape index (κ1) is 23.3. The second-order valence-electron chi connectivity index (χ2n) is 6.76. The number of esters is 2. The summed E-state index contributed by atoms with van der Waals surface area (Å²) in [5, 5.41) is 0.584. The van der Waals surface area contributed by atoms with E-state index in [0.29, 0.717) is 39.9 Å². The van der Waals surface area contributed by atoms with Gasteiger partial charge in [0.15, 0.2) is 12.2 Å². The predicted molar refractivity (Wildman–Crippen MR) is 118 cm³/mol. The molecule has 9 heteroatoms. The molecule has 0 amide bonds. The Bertz CT molecular complexity index is 1090. The molecule has 0 aliphatic carbocycles. The number of halogens is 1. The maximum Gasteiger partial charge on any atom is 0.347 e. The number of hydrogen-bond acceptors (Lipinski definition) is 8. The highest BCUT2D eigenvalue weighted by Crippen LogP contribution is 2.25. The highest BCUT2D eigenvalue weighted by Gasteiger charge is 2.26. The highest BCUT2D eigenvalue weighted by atomic mass is 35.5. The van der Waals surface area contributed by atoms with Crippen LogP contribution in [0, 0.1) is 0 Å². The maximum atomic E-state index is 12.3. The van der Waals surface area contributed by atoms with Crippen molar-refractivity contribution in [3.05, 3.63) is 53.7 Å². The summed E-state index contributed by atoms with van der Waals surface area (Å²) in [4.78, 5) is 32.7. The van der Waals surface area contributed by atoms with Gasteiger partial charge < -0.3 is 18.9 Å². The Morgan fingerprint density at radius 3 is 2.41 bits per heavy atom. The fourth-order valence-electron chi connectivity index (χ4n) is 2.74. The molecule has 0 fully saturated rings. The Kier molecular flexibility index (Phi) is 7.83. The third kappa shape index (κ3) is 6.07. The second kappa shape index (κ2) is 10.8. The van der Waals surface area contributed by atoms with Crippen LogP contribution in [0.3, 0.4) is 0 Å². The van der Waals surface area contributed by atoms with Gasteiger partial charge in [0.05, 0.1) is 23.8 Å². The second-order valence-corrected chi connectivity index (χ2v) is 7.20. The Labute approximate surface area is 190 Å². The summed E-state index contributed by atoms with van der Waals surface area (Å²) < 4.78 is 21.5. The molecule has 2 atom stereocenters. The molecule has 2 unspecified atom stereocenters. The van der Waals surface area contributed by atoms with E-state index in [9.17, 15) is 9.59 Å². The number of ether oxygens (including phenoxy) is 4. The van der Waals surface area contributed by atoms with Crippen molar-refractivity contribution >= 4 is 34.6 Å². The third-order valence-corrected chi connectivity index (χ3v) is 4.59. The molecule has 0 spiro atoms. The van der Waals surface area contributed by atoms with Crippen LogP contribution in [-0.4, -0.2) is 40.7 Å². The minimum atomic E-state index is -0.955. The van der Waals surface area contributed by atoms with Crippen LogP contribution in [0.25, 0.3) is 11.0 Å². The number of fused-ring (bicyclic) bond motifs is 1. The number of hydrogen-bond donors (Lipinski definition) is 0. The molecule has 8 nitrogen and oxygen atoms in total. The summed E-state index contributed by atoms with van der Waals surface area (Å²) in [7, 11) is 0. The average Bonchev–Trinajstić information content (AvgIpc) is 2.78. The van der Waals surface area contributed by atoms with Gasteiger partial charge in [0.1, 0.15) is 11.5 Å². The molecule has 0 saturated heterocycles. The molecular weight excluding hydrogens is 436 g/mol. The van der Waals surface area contributed by atoms with E-state index in [2.05, 4.69) is 9.97 Å². The number of carbonyl (C=O) groups is 2. The summed E-state index contributed by atoms with van der Waals surface area (Å²) in [5.74, 6) is 0.0532. The maximum absolute atomic E-state index is 12.3. The molecule has 0 N–H and O–H groups in total. The molecule has 0 bridgehead atoms. The van der Waals surface area contributed by atoms with E-state index in [4.69, 9.17) is 30.5 Å². The Morgan fingerprint density at radius 2 is 1.72 bits per heavy atom. The zero-order chi connectivity index (χ0) is 23.1. The van der Waals surface area contributed by atoms with Crippen molar-refractivity contribution in [2.75, 3.05) is 6.61 Å². The lowest BCUT2D eigenvalue weighted by Crippen LogP contribution is -2.34. The molecule has 0 aliphatic heterocycles. The van der Waals surface area contributed by atoms with Gasteiger partial charge in [-0.15, -0.1) is 0 Å². The first-order valence-electron chi connectivity index (χ1n) is 10.1. The largest absolute Gasteiger partial charge is 0.479 e. The first-order valence-corrected chi connectivity index (χ1v) is 10.5. The fourth-order valence-corrected chi connectivity index (χ4v) is 2.91. The van der Waals surface area contributed by atoms with E-state index in [0.717, 1.165) is 0 Å². The van der Waals surface area contributed by atoms with E-state index < -0.39 is 24.1 Å². The zero-order valence-corrected chi connectivity index (χ0v) is 18.7. The number of rotatable bonds is 9. The van der Waals surface area contributed by atoms with Gasteiger partial charge in [-0.3, -0.25) is 0 Å². The summed E-state index contributed by atoms with van der Waals surface area (Å²) in [6.45, 7) is 5.18. The summed E-state index contributed by atoms with van der Waals surface area (Å²) in [6, 6.07) is 11.9. The van der Waals surface area contributed by atoms with Crippen molar-refractivity contribution in [1.29, 1.82) is 0 Å². The lowest BCUT2D eigenvalue weighted by Gasteiger charge is -2.18. The fraction of sp³-hybridized carbons (Fsp3) is 0.304. The topological polar surface area (TPSA) is 96.8 Å². The van der Waals surface area contributed by atoms with Crippen LogP contribution in [-0.2, 0) is 19.1 Å². The molecule has 0 saturated carbocycles. The van der Waals surface area contributed by atoms with E-state index in [-0.39, 0.29) is 6.61 Å². The molecule has 0 radical (unpaired) electrons. The van der Waals surface area contributed by atoms with Gasteiger partial charge in [-0.1, -0.05) is 18.5 Å². The molecule has 32 heavy (non-hydrogen) atoms. The molecule has 3 rings (SSSR count). The first-order chi connectivity index (χ1) is 15.4. The van der Waals surface area contributed by atoms with Crippen LogP contribution in [0.4, 0.5) is 0 Å². The van der Waals surface area contributed by atoms with Crippen LogP contribution in [0.15, 0.2) is 48.7 Å². The Morgan fingerprint density at radius 1 is 1.00 bits per heavy atom. The SMILES string of the molecule is CCOC(=O)C(CC)OC(=O)C(C)Oc1ccc(Oc2cnc3cc(Cl)ccc3n2)cc1. The molecular formula is C23H23ClN2O6. The minimum absolute atomic E-state index is 0.215. The van der Waals surface area contributed by atoms with Crippen LogP contribution in [0.5, 0.6) is 17.4 Å². The standard InChI is InChI=1S/C23H23ClN2O6/c1-4-20(23(28)29-5-2)32-22(27)14(3)30-16-7-9-17(10-8-16)31-21-13-25-19-12-15(24)6-11-18(19)26-21/h6-14,20H,4-5H2,1-3H3. The quantitative estimate of drug-likeness (QED) is 0.424. The summed E-state index contributed by atoms with van der Waals surface area (Å²) in [6.07, 6.45) is -0.0464. The lowest BCUT2D eigenvalue weighted by atomic mass is 10.2. The van der Waals surface area contributed by atoms with Crippen LogP contribution < -0.4 is 9.47 Å². The smallest absolute Gasteiger partial charge is 0.347 e. The molecule has 0 aliphatic rings. The third-order valence-electron chi connectivity index (χ3n) is 4.35. The highest BCUT2D eigenvalue weighted by molar-refractivity contribution is 6.31. The molecule has 1 aromatic heterocycles. The number of carbonyl (C=O) groups excluding carboxylic acids is 2. The number of benzene rings is 2. The van der Waals surface area contributed by atoms with Gasteiger partial charge in [0.2, 0.25) is 5.88 Å². The van der Waals surface area contributed by atoms with E-state index >= 15 is 0 Å². The van der Waals surface area contributed by atoms with Crippen LogP contribution >= 0.6 is 11.6 Å². The normalized spacial score (nSPS) is 12.6. The van der Waals surface area contributed by atoms with E-state index in [1.807, 2.05) is 0 Å². The Hall–Kier alpha value is -3.39. The zero-order valence-electron chi connectivity index (χ0n) is 17.9. The van der Waals surface area contributed by atoms with Crippen molar-refractivity contribution < 1.29 is 28.5 Å². The molecule has 1 heterocycles. The van der Waals surface area contributed by atoms with Crippen molar-refractivity contribution in [3.63, 3.8) is 0 Å². The van der Waals surface area contributed by atoms with Gasteiger partial charge in [-0.05, 0) is 62.7 Å². The van der Waals surface area contributed by atoms with Gasteiger partial charge in [-0.2, -0.15) is 0 Å². The lowest BCUT2D eigenvalue weighted by molar-refractivity contribution is -0.171. The molecule has 2 aromatic carbocycles. The van der Waals surface area contributed by atoms with Crippen LogP contribution in [0.2, 0.25) is 5.02 Å². The van der Waals surface area contributed by atoms with Gasteiger partial charge in [-0.25, -0.2) is 19.6 Å². The van der Waals surface area contributed by atoms with Crippen molar-refractivity contribution in [3.8, 4) is 17.4 Å². The Balaban J connectivity index is 1.58. The van der Waals surface area contributed by atoms with Crippen molar-refractivity contribution in [2.45, 2.75) is 39.4 Å². The molecule has 3 aromatic rings. The van der Waals surface area contributed by atoms with E-state index in [1.165, 1.54) is 6.20 Å². The summed E-state index contributed by atoms with van der Waals surface area (Å²) in [5.41, 5.74) is 1.33. The number of nitrogens with zero attached hydrogens (tertiary/aromatic N) is 2. The number of aromatic nitrogens is 2. The van der Waals surface area contributed by atoms with Gasteiger partial charge >= 0.3 is 11.9 Å².